The number of allylic oxidation sites excluding steroid dienone is 7. The van der Waals surface area contributed by atoms with Crippen molar-refractivity contribution in [2.24, 2.45) is 0 Å². The summed E-state index contributed by atoms with van der Waals surface area (Å²) in [6.07, 6.45) is 95.7. The van der Waals surface area contributed by atoms with Crippen LogP contribution in [0.3, 0.4) is 0 Å². The number of hydrogen-bond acceptors (Lipinski definition) is 6. The highest BCUT2D eigenvalue weighted by Crippen LogP contribution is 2.38. The van der Waals surface area contributed by atoms with Crippen molar-refractivity contribution in [3.8, 4) is 0 Å². The second-order valence-corrected chi connectivity index (χ2v) is 29.5. The van der Waals surface area contributed by atoms with Crippen LogP contribution in [0.25, 0.3) is 0 Å². The molecule has 0 radical (unpaired) electrons. The van der Waals surface area contributed by atoms with Crippen LogP contribution in [0.2, 0.25) is 0 Å². The third kappa shape index (κ3) is 71.9. The van der Waals surface area contributed by atoms with E-state index in [4.69, 9.17) is 9.05 Å². The molecule has 0 saturated heterocycles. The van der Waals surface area contributed by atoms with Gasteiger partial charge in [0.25, 0.3) is 7.82 Å². The van der Waals surface area contributed by atoms with E-state index in [1.165, 1.54) is 334 Å². The van der Waals surface area contributed by atoms with Crippen molar-refractivity contribution >= 4 is 13.7 Å². The van der Waals surface area contributed by atoms with E-state index in [0.29, 0.717) is 17.4 Å². The summed E-state index contributed by atoms with van der Waals surface area (Å²) in [5, 5.41) is 14.0. The topological polar surface area (TPSA) is 108 Å². The van der Waals surface area contributed by atoms with Crippen molar-refractivity contribution in [3.63, 3.8) is 0 Å². The van der Waals surface area contributed by atoms with Crippen LogP contribution in [0.1, 0.15) is 399 Å². The van der Waals surface area contributed by atoms with Gasteiger partial charge in [0, 0.05) is 6.42 Å². The Labute approximate surface area is 549 Å². The molecule has 0 aliphatic rings. The Kier molecular flexibility index (Phi) is 68.6. The Morgan fingerprint density at radius 2 is 0.636 bits per heavy atom. The Morgan fingerprint density at radius 3 is 0.920 bits per heavy atom. The first-order valence-electron chi connectivity index (χ1n) is 39.0. The van der Waals surface area contributed by atoms with E-state index >= 15 is 0 Å². The van der Waals surface area contributed by atoms with Crippen LogP contribution in [0.15, 0.2) is 48.6 Å². The number of quaternary nitrogens is 1. The van der Waals surface area contributed by atoms with Crippen LogP contribution < -0.4 is 10.2 Å². The van der Waals surface area contributed by atoms with E-state index in [9.17, 15) is 19.4 Å². The average Bonchev–Trinajstić information content (AvgIpc) is 3.70. The van der Waals surface area contributed by atoms with Crippen molar-refractivity contribution < 1.29 is 32.9 Å². The van der Waals surface area contributed by atoms with Crippen LogP contribution in [0.5, 0.6) is 0 Å². The minimum absolute atomic E-state index is 0.00765. The molecule has 0 aliphatic carbocycles. The minimum atomic E-state index is -4.62. The van der Waals surface area contributed by atoms with Crippen molar-refractivity contribution in [1.82, 2.24) is 5.32 Å². The molecule has 0 fully saturated rings. The number of amides is 1. The van der Waals surface area contributed by atoms with Crippen LogP contribution in [0, 0.1) is 0 Å². The zero-order valence-electron chi connectivity index (χ0n) is 59.7. The fourth-order valence-corrected chi connectivity index (χ4v) is 12.7. The molecule has 3 unspecified atom stereocenters. The molecule has 0 saturated carbocycles. The minimum Gasteiger partial charge on any atom is -0.756 e. The van der Waals surface area contributed by atoms with E-state index in [-0.39, 0.29) is 12.5 Å². The molecule has 0 aromatic heterocycles. The second kappa shape index (κ2) is 69.8. The molecule has 2 N–H and O–H groups in total. The van der Waals surface area contributed by atoms with E-state index in [1.54, 1.807) is 6.08 Å². The van der Waals surface area contributed by atoms with E-state index in [0.717, 1.165) is 44.9 Å². The largest absolute Gasteiger partial charge is 0.756 e. The summed E-state index contributed by atoms with van der Waals surface area (Å²) in [4.78, 5) is 25.7. The molecule has 0 heterocycles. The van der Waals surface area contributed by atoms with Gasteiger partial charge < -0.3 is 28.8 Å². The molecule has 9 heteroatoms. The van der Waals surface area contributed by atoms with Crippen LogP contribution >= 0.6 is 7.82 Å². The lowest BCUT2D eigenvalue weighted by atomic mass is 10.0. The second-order valence-electron chi connectivity index (χ2n) is 28.0. The lowest BCUT2D eigenvalue weighted by molar-refractivity contribution is -0.870. The number of carbonyl (C=O) groups is 1. The summed E-state index contributed by atoms with van der Waals surface area (Å²) < 4.78 is 23.5. The summed E-state index contributed by atoms with van der Waals surface area (Å²) in [5.41, 5.74) is 0. The maximum atomic E-state index is 13.1. The van der Waals surface area contributed by atoms with Gasteiger partial charge in [-0.3, -0.25) is 9.36 Å². The summed E-state index contributed by atoms with van der Waals surface area (Å²) in [7, 11) is 1.25. The Morgan fingerprint density at radius 1 is 0.386 bits per heavy atom. The van der Waals surface area contributed by atoms with Gasteiger partial charge in [0.15, 0.2) is 0 Å². The number of nitrogens with zero attached hydrogens (tertiary/aromatic N) is 1. The van der Waals surface area contributed by atoms with Gasteiger partial charge >= 0.3 is 0 Å². The summed E-state index contributed by atoms with van der Waals surface area (Å²) >= 11 is 0. The lowest BCUT2D eigenvalue weighted by Crippen LogP contribution is -2.45. The fourth-order valence-electron chi connectivity index (χ4n) is 12.0. The number of nitrogens with one attached hydrogen (secondary N) is 1. The predicted molar refractivity (Wildman–Crippen MR) is 385 cm³/mol. The van der Waals surface area contributed by atoms with Gasteiger partial charge in [-0.05, 0) is 70.6 Å². The van der Waals surface area contributed by atoms with Crippen molar-refractivity contribution in [2.75, 3.05) is 40.9 Å². The highest BCUT2D eigenvalue weighted by atomic mass is 31.2. The average molecular weight is 1260 g/mol. The number of phosphoric acid groups is 1. The van der Waals surface area contributed by atoms with Gasteiger partial charge in [0.05, 0.1) is 39.9 Å². The van der Waals surface area contributed by atoms with Crippen LogP contribution in [-0.4, -0.2) is 68.5 Å². The molecule has 0 spiro atoms. The predicted octanol–water partition coefficient (Wildman–Crippen LogP) is 24.7. The molecule has 0 aromatic carbocycles. The smallest absolute Gasteiger partial charge is 0.268 e. The van der Waals surface area contributed by atoms with Gasteiger partial charge in [-0.2, -0.15) is 0 Å². The molecule has 88 heavy (non-hydrogen) atoms. The lowest BCUT2D eigenvalue weighted by Gasteiger charge is -2.29. The third-order valence-electron chi connectivity index (χ3n) is 18.0. The van der Waals surface area contributed by atoms with Gasteiger partial charge in [-0.1, -0.05) is 371 Å². The van der Waals surface area contributed by atoms with Gasteiger partial charge in [0.1, 0.15) is 13.2 Å². The number of phosphoric ester groups is 1. The first-order chi connectivity index (χ1) is 43.0. The van der Waals surface area contributed by atoms with E-state index in [2.05, 4.69) is 55.6 Å². The zero-order chi connectivity index (χ0) is 64.1. The van der Waals surface area contributed by atoms with E-state index in [1.807, 2.05) is 27.2 Å². The molecule has 1 amide bonds. The molecule has 3 atom stereocenters. The van der Waals surface area contributed by atoms with Gasteiger partial charge in [-0.25, -0.2) is 0 Å². The molecule has 0 bridgehead atoms. The summed E-state index contributed by atoms with van der Waals surface area (Å²) in [5.74, 6) is -0.203. The number of aliphatic hydroxyl groups is 1. The normalized spacial score (nSPS) is 13.8. The highest BCUT2D eigenvalue weighted by molar-refractivity contribution is 7.45. The molecule has 0 rings (SSSR count). The van der Waals surface area contributed by atoms with Gasteiger partial charge in [0.2, 0.25) is 5.91 Å². The van der Waals surface area contributed by atoms with Crippen molar-refractivity contribution in [1.29, 1.82) is 0 Å². The van der Waals surface area contributed by atoms with Gasteiger partial charge in [-0.15, -0.1) is 0 Å². The monoisotopic (exact) mass is 1260 g/mol. The standard InChI is InChI=1S/C79H153N2O6P/c1-6-8-10-12-14-16-18-20-22-24-26-28-30-32-34-35-36-37-38-39-40-41-42-43-44-45-47-49-51-53-55-57-59-61-63-65-67-69-71-73-79(83)80-77(76-87-88(84,85)86-75-74-81(3,4)5)78(82)72-70-68-66-64-62-60-58-56-54-52-50-48-46-33-31-29-27-25-23-21-19-17-15-13-11-9-7-2/h24,26,54,56,62,64,70,72,77-78,82H,6-23,25,27-53,55,57-61,63,65-69,71,73-76H2,1-5H3,(H-,80,83,84,85)/b26-24-,56-54+,64-62+,72-70+. The molecule has 0 aliphatic heterocycles. The van der Waals surface area contributed by atoms with Crippen LogP contribution in [-0.2, 0) is 18.4 Å². The Hall–Kier alpha value is -1.54. The Balaban J connectivity index is 3.98. The maximum absolute atomic E-state index is 13.1. The maximum Gasteiger partial charge on any atom is 0.268 e. The number of aliphatic hydroxyl groups excluding tert-OH is 1. The Bertz CT molecular complexity index is 1580. The number of carbonyl (C=O) groups excluding carboxylic acids is 1. The quantitative estimate of drug-likeness (QED) is 0.0272. The van der Waals surface area contributed by atoms with E-state index < -0.39 is 26.6 Å². The summed E-state index contributed by atoms with van der Waals surface area (Å²) in [6, 6.07) is -0.911. The first kappa shape index (κ1) is 86.5. The molecule has 0 aromatic rings. The van der Waals surface area contributed by atoms with Crippen molar-refractivity contribution in [2.45, 2.75) is 411 Å². The summed E-state index contributed by atoms with van der Waals surface area (Å²) in [6.45, 7) is 4.68. The number of unbranched alkanes of at least 4 members (excludes halogenated alkanes) is 54. The molecule has 520 valence electrons. The zero-order valence-corrected chi connectivity index (χ0v) is 60.6. The number of rotatable bonds is 73. The fraction of sp³-hybridized carbons (Fsp3) is 0.886. The van der Waals surface area contributed by atoms with Crippen LogP contribution in [0.4, 0.5) is 0 Å². The molecule has 8 nitrogen and oxygen atoms in total. The van der Waals surface area contributed by atoms with Crippen molar-refractivity contribution in [3.05, 3.63) is 48.6 Å². The highest BCUT2D eigenvalue weighted by Gasteiger charge is 2.23. The molecular formula is C79H153N2O6P. The number of hydrogen-bond donors (Lipinski definition) is 2. The first-order valence-corrected chi connectivity index (χ1v) is 40.5. The SMILES string of the molecule is CCCCCCCCCC/C=C\CCCCCCCCCCCCCCCCCCCCCCCCCCCCCC(=O)NC(COP(=O)([O-])OCC[N+](C)(C)C)C(O)/C=C/CC/C=C/CC/C=C/CCCCCCCCCCCCCCCCCCC. The molecular weight excluding hydrogens is 1100 g/mol. The number of likely N-dealkylation sites (N-methyl/N-ethyl adjacent to an activating group) is 1. The third-order valence-corrected chi connectivity index (χ3v) is 19.0.